The minimum Gasteiger partial charge on any atom is -0.349 e. The Kier molecular flexibility index (Phi) is 5.59. The summed E-state index contributed by atoms with van der Waals surface area (Å²) in [6.45, 7) is 1.33. The van der Waals surface area contributed by atoms with E-state index >= 15 is 0 Å². The first-order valence-corrected chi connectivity index (χ1v) is 10.0. The van der Waals surface area contributed by atoms with E-state index < -0.39 is 5.82 Å². The predicted octanol–water partition coefficient (Wildman–Crippen LogP) is 3.84. The maximum atomic E-state index is 13.1. The molecule has 0 saturated carbocycles. The minimum atomic E-state index is -0.482. The second-order valence-electron chi connectivity index (χ2n) is 7.19. The van der Waals surface area contributed by atoms with Crippen molar-refractivity contribution in [2.24, 2.45) is 7.05 Å². The average Bonchev–Trinajstić information content (AvgIpc) is 3.33. The highest BCUT2D eigenvalue weighted by Crippen LogP contribution is 2.28. The summed E-state index contributed by atoms with van der Waals surface area (Å²) in [5.41, 5.74) is 2.10. The number of halogens is 2. The number of hydrogen-bond acceptors (Lipinski definition) is 3. The molecule has 0 atom stereocenters. The lowest BCUT2D eigenvalue weighted by Gasteiger charge is -2.27. The topological polar surface area (TPSA) is 72.2 Å². The molecule has 1 aromatic carbocycles. The first kappa shape index (κ1) is 20.2. The average molecular weight is 430 g/mol. The Morgan fingerprint density at radius 1 is 1.20 bits per heavy atom. The monoisotopic (exact) mass is 429 g/mol. The lowest BCUT2D eigenvalue weighted by Crippen LogP contribution is -2.37. The molecule has 0 bridgehead atoms. The van der Waals surface area contributed by atoms with Crippen LogP contribution < -0.4 is 10.2 Å². The van der Waals surface area contributed by atoms with E-state index in [2.05, 4.69) is 10.4 Å². The number of carbonyl (C=O) groups is 2. The molecule has 0 spiro atoms. The Morgan fingerprint density at radius 2 is 2.03 bits per heavy atom. The number of rotatable bonds is 5. The number of fused-ring (bicyclic) bond motifs is 1. The van der Waals surface area contributed by atoms with Crippen molar-refractivity contribution in [1.82, 2.24) is 14.3 Å². The molecule has 4 rings (SSSR count). The summed E-state index contributed by atoms with van der Waals surface area (Å²) in [6, 6.07) is 9.57. The number of aromatic nitrogens is 3. The van der Waals surface area contributed by atoms with Gasteiger partial charge in [-0.3, -0.25) is 14.5 Å². The van der Waals surface area contributed by atoms with Crippen LogP contribution in [-0.2, 0) is 23.2 Å². The van der Waals surface area contributed by atoms with Crippen LogP contribution in [0.2, 0.25) is 5.02 Å². The molecule has 7 nitrogen and oxygen atoms in total. The lowest BCUT2D eigenvalue weighted by molar-refractivity contribution is -0.122. The van der Waals surface area contributed by atoms with Crippen LogP contribution in [0.3, 0.4) is 0 Å². The molecule has 9 heteroatoms. The number of nitrogens with zero attached hydrogens (tertiary/aromatic N) is 4. The molecule has 0 radical (unpaired) electrons. The van der Waals surface area contributed by atoms with Crippen molar-refractivity contribution in [3.8, 4) is 11.4 Å². The van der Waals surface area contributed by atoms with E-state index in [0.717, 1.165) is 36.2 Å². The van der Waals surface area contributed by atoms with Gasteiger partial charge in [-0.25, -0.2) is 9.07 Å². The van der Waals surface area contributed by atoms with Gasteiger partial charge in [0.15, 0.2) is 0 Å². The smallest absolute Gasteiger partial charge is 0.228 e. The summed E-state index contributed by atoms with van der Waals surface area (Å²) in [7, 11) is 1.95. The fourth-order valence-electron chi connectivity index (χ4n) is 3.55. The van der Waals surface area contributed by atoms with Crippen molar-refractivity contribution in [2.45, 2.75) is 25.8 Å². The highest BCUT2D eigenvalue weighted by Gasteiger charge is 2.25. The first-order valence-electron chi connectivity index (χ1n) is 9.67. The second-order valence-corrected chi connectivity index (χ2v) is 7.59. The third-order valence-electron chi connectivity index (χ3n) is 5.07. The minimum absolute atomic E-state index is 0.00183. The van der Waals surface area contributed by atoms with E-state index in [4.69, 9.17) is 11.6 Å². The SMILES string of the molecule is Cn1cccc1-c1cc2n(n1)CCCN2C(=O)CCC(=O)Nc1ccc(F)cc1Cl. The zero-order valence-corrected chi connectivity index (χ0v) is 17.2. The standard InChI is InChI=1S/C21H21ClFN5O2/c1-26-9-2-4-18(26)17-13-20-27(10-3-11-28(20)25-17)21(30)8-7-19(29)24-16-6-5-14(23)12-15(16)22/h2,4-6,9,12-13H,3,7-8,10-11H2,1H3,(H,24,29). The van der Waals surface area contributed by atoms with Crippen LogP contribution in [0.4, 0.5) is 15.9 Å². The van der Waals surface area contributed by atoms with Crippen molar-refractivity contribution >= 4 is 34.9 Å². The molecule has 0 fully saturated rings. The van der Waals surface area contributed by atoms with Gasteiger partial charge in [0.05, 0.1) is 16.4 Å². The van der Waals surface area contributed by atoms with Gasteiger partial charge in [0, 0.05) is 45.2 Å². The molecule has 1 aliphatic heterocycles. The molecule has 30 heavy (non-hydrogen) atoms. The van der Waals surface area contributed by atoms with Crippen molar-refractivity contribution < 1.29 is 14.0 Å². The van der Waals surface area contributed by atoms with Crippen LogP contribution in [0.25, 0.3) is 11.4 Å². The quantitative estimate of drug-likeness (QED) is 0.669. The van der Waals surface area contributed by atoms with E-state index in [9.17, 15) is 14.0 Å². The fraction of sp³-hybridized carbons (Fsp3) is 0.286. The predicted molar refractivity (Wildman–Crippen MR) is 113 cm³/mol. The molecule has 0 saturated heterocycles. The van der Waals surface area contributed by atoms with Gasteiger partial charge < -0.3 is 9.88 Å². The summed E-state index contributed by atoms with van der Waals surface area (Å²) in [6.07, 6.45) is 2.80. The van der Waals surface area contributed by atoms with Gasteiger partial charge in [-0.05, 0) is 36.8 Å². The molecule has 3 heterocycles. The van der Waals surface area contributed by atoms with Crippen molar-refractivity contribution in [1.29, 1.82) is 0 Å². The lowest BCUT2D eigenvalue weighted by atomic mass is 10.2. The van der Waals surface area contributed by atoms with Gasteiger partial charge in [-0.1, -0.05) is 11.6 Å². The maximum absolute atomic E-state index is 13.1. The van der Waals surface area contributed by atoms with Crippen LogP contribution in [0.5, 0.6) is 0 Å². The molecule has 1 N–H and O–H groups in total. The van der Waals surface area contributed by atoms with Crippen LogP contribution in [0.15, 0.2) is 42.6 Å². The molecular formula is C21H21ClFN5O2. The van der Waals surface area contributed by atoms with Gasteiger partial charge in [-0.2, -0.15) is 5.10 Å². The van der Waals surface area contributed by atoms with Gasteiger partial charge >= 0.3 is 0 Å². The molecule has 3 aromatic rings. The van der Waals surface area contributed by atoms with E-state index in [0.29, 0.717) is 12.2 Å². The van der Waals surface area contributed by atoms with E-state index in [1.807, 2.05) is 40.7 Å². The summed E-state index contributed by atoms with van der Waals surface area (Å²) >= 11 is 5.93. The second kappa shape index (κ2) is 8.31. The number of hydrogen-bond donors (Lipinski definition) is 1. The Morgan fingerprint density at radius 3 is 2.77 bits per heavy atom. The zero-order chi connectivity index (χ0) is 21.3. The summed E-state index contributed by atoms with van der Waals surface area (Å²) in [4.78, 5) is 26.7. The normalized spacial score (nSPS) is 13.2. The van der Waals surface area contributed by atoms with Crippen LogP contribution in [-0.4, -0.2) is 32.7 Å². The Bertz CT molecular complexity index is 1110. The summed E-state index contributed by atoms with van der Waals surface area (Å²) < 4.78 is 16.9. The number of nitrogens with one attached hydrogen (secondary N) is 1. The molecule has 2 aromatic heterocycles. The molecular weight excluding hydrogens is 409 g/mol. The van der Waals surface area contributed by atoms with Crippen LogP contribution >= 0.6 is 11.6 Å². The maximum Gasteiger partial charge on any atom is 0.228 e. The van der Waals surface area contributed by atoms with Crippen molar-refractivity contribution in [2.75, 3.05) is 16.8 Å². The Labute approximate surface area is 178 Å². The first-order chi connectivity index (χ1) is 14.4. The molecule has 0 aliphatic carbocycles. The zero-order valence-electron chi connectivity index (χ0n) is 16.4. The number of anilines is 2. The van der Waals surface area contributed by atoms with Crippen LogP contribution in [0.1, 0.15) is 19.3 Å². The number of amides is 2. The van der Waals surface area contributed by atoms with Gasteiger partial charge in [0.1, 0.15) is 17.3 Å². The van der Waals surface area contributed by atoms with Crippen molar-refractivity contribution in [3.63, 3.8) is 0 Å². The highest BCUT2D eigenvalue weighted by molar-refractivity contribution is 6.33. The number of aryl methyl sites for hydroxylation is 2. The Balaban J connectivity index is 1.42. The van der Waals surface area contributed by atoms with E-state index in [1.54, 1.807) is 4.90 Å². The van der Waals surface area contributed by atoms with Gasteiger partial charge in [0.2, 0.25) is 11.8 Å². The van der Waals surface area contributed by atoms with Crippen LogP contribution in [0, 0.1) is 5.82 Å². The van der Waals surface area contributed by atoms with E-state index in [1.165, 1.54) is 12.1 Å². The Hall–Kier alpha value is -3.13. The number of benzene rings is 1. The summed E-state index contributed by atoms with van der Waals surface area (Å²) in [5, 5.41) is 7.36. The molecule has 0 unspecified atom stereocenters. The van der Waals surface area contributed by atoms with Gasteiger partial charge in [0.25, 0.3) is 0 Å². The van der Waals surface area contributed by atoms with E-state index in [-0.39, 0.29) is 29.7 Å². The number of carbonyl (C=O) groups excluding carboxylic acids is 2. The molecule has 1 aliphatic rings. The largest absolute Gasteiger partial charge is 0.349 e. The highest BCUT2D eigenvalue weighted by atomic mass is 35.5. The third-order valence-corrected chi connectivity index (χ3v) is 5.38. The summed E-state index contributed by atoms with van der Waals surface area (Å²) in [5.74, 6) is -0.240. The van der Waals surface area contributed by atoms with Gasteiger partial charge in [-0.15, -0.1) is 0 Å². The third kappa shape index (κ3) is 4.09. The molecule has 156 valence electrons. The fourth-order valence-corrected chi connectivity index (χ4v) is 3.76. The molecule has 2 amide bonds. The van der Waals surface area contributed by atoms with Crippen molar-refractivity contribution in [3.05, 3.63) is 53.4 Å².